The predicted octanol–water partition coefficient (Wildman–Crippen LogP) is 5.73. The van der Waals surface area contributed by atoms with Gasteiger partial charge in [-0.15, -0.1) is 0 Å². The molecule has 2 heterocycles. The van der Waals surface area contributed by atoms with Crippen molar-refractivity contribution in [2.24, 2.45) is 4.99 Å². The molecule has 0 saturated carbocycles. The minimum absolute atomic E-state index is 0.00175. The molecule has 40 heavy (non-hydrogen) atoms. The molecule has 9 heteroatoms. The standard InChI is InChI=1S/C31H29N3O5S/c1-4-5-20-33-23-18-12-13-19-24(23)34(27(35)21-14-8-6-9-15-21)31(33)25(28(36)38-2)26(29(37)39-3)40-30(31)32-22-16-10-7-11-17-22/h6-19H,4-5,20H2,1-3H3. The quantitative estimate of drug-likeness (QED) is 0.344. The molecule has 1 amide bonds. The van der Waals surface area contributed by atoms with E-state index in [9.17, 15) is 14.4 Å². The second-order valence-electron chi connectivity index (χ2n) is 9.21. The van der Waals surface area contributed by atoms with Crippen LogP contribution in [0.3, 0.4) is 0 Å². The van der Waals surface area contributed by atoms with Crippen LogP contribution >= 0.6 is 11.8 Å². The van der Waals surface area contributed by atoms with E-state index in [1.54, 1.807) is 29.2 Å². The molecule has 204 valence electrons. The number of nitrogens with zero attached hydrogens (tertiary/aromatic N) is 3. The Morgan fingerprint density at radius 1 is 0.825 bits per heavy atom. The van der Waals surface area contributed by atoms with Gasteiger partial charge in [-0.05, 0) is 42.8 Å². The monoisotopic (exact) mass is 555 g/mol. The SMILES string of the molecule is CCCCN1c2ccccc2N(C(=O)c2ccccc2)C12C(=Nc1ccccc1)SC(C(=O)OC)=C2C(=O)OC. The Morgan fingerprint density at radius 2 is 1.43 bits per heavy atom. The summed E-state index contributed by atoms with van der Waals surface area (Å²) in [4.78, 5) is 50.1. The first-order chi connectivity index (χ1) is 19.5. The topological polar surface area (TPSA) is 88.5 Å². The number of amides is 1. The molecule has 0 aromatic heterocycles. The molecule has 0 bridgehead atoms. The highest BCUT2D eigenvalue weighted by molar-refractivity contribution is 8.18. The molecule has 0 saturated heterocycles. The molecule has 1 atom stereocenters. The molecule has 0 aliphatic carbocycles. The number of benzene rings is 3. The van der Waals surface area contributed by atoms with Gasteiger partial charge in [0.2, 0.25) is 5.66 Å². The van der Waals surface area contributed by atoms with Crippen molar-refractivity contribution < 1.29 is 23.9 Å². The zero-order valence-corrected chi connectivity index (χ0v) is 23.3. The van der Waals surface area contributed by atoms with Crippen LogP contribution in [-0.4, -0.2) is 49.3 Å². The number of hydrogen-bond donors (Lipinski definition) is 0. The molecular formula is C31H29N3O5S. The third-order valence-corrected chi connectivity index (χ3v) is 8.05. The van der Waals surface area contributed by atoms with Crippen LogP contribution in [0, 0.1) is 0 Å². The largest absolute Gasteiger partial charge is 0.465 e. The number of anilines is 2. The van der Waals surface area contributed by atoms with Crippen LogP contribution in [0.5, 0.6) is 0 Å². The Labute approximate surface area is 237 Å². The van der Waals surface area contributed by atoms with E-state index < -0.39 is 17.6 Å². The molecule has 0 radical (unpaired) electrons. The van der Waals surface area contributed by atoms with Gasteiger partial charge in [0.25, 0.3) is 5.91 Å². The number of fused-ring (bicyclic) bond motifs is 1. The molecule has 2 aliphatic rings. The summed E-state index contributed by atoms with van der Waals surface area (Å²) in [5, 5.41) is 0.371. The summed E-state index contributed by atoms with van der Waals surface area (Å²) in [6.07, 6.45) is 1.62. The van der Waals surface area contributed by atoms with Gasteiger partial charge < -0.3 is 14.4 Å². The van der Waals surface area contributed by atoms with E-state index in [1.807, 2.05) is 65.6 Å². The van der Waals surface area contributed by atoms with Crippen LogP contribution < -0.4 is 9.80 Å². The fourth-order valence-corrected chi connectivity index (χ4v) is 6.44. The number of para-hydroxylation sites is 3. The maximum atomic E-state index is 14.5. The smallest absolute Gasteiger partial charge is 0.345 e. The van der Waals surface area contributed by atoms with Gasteiger partial charge in [-0.2, -0.15) is 0 Å². The lowest BCUT2D eigenvalue weighted by atomic mass is 9.95. The first-order valence-corrected chi connectivity index (χ1v) is 13.8. The number of aliphatic imine (C=N–C) groups is 1. The number of hydrogen-bond acceptors (Lipinski definition) is 8. The number of thioether (sulfide) groups is 1. The van der Waals surface area contributed by atoms with Gasteiger partial charge in [-0.25, -0.2) is 14.6 Å². The molecular weight excluding hydrogens is 526 g/mol. The number of esters is 2. The molecule has 0 fully saturated rings. The number of carbonyl (C=O) groups is 3. The van der Waals surface area contributed by atoms with Crippen molar-refractivity contribution in [2.75, 3.05) is 30.6 Å². The van der Waals surface area contributed by atoms with E-state index >= 15 is 0 Å². The minimum Gasteiger partial charge on any atom is -0.465 e. The number of methoxy groups -OCH3 is 2. The first kappa shape index (κ1) is 27.2. The fraction of sp³-hybridized carbons (Fsp3) is 0.226. The molecule has 2 aliphatic heterocycles. The van der Waals surface area contributed by atoms with Gasteiger partial charge >= 0.3 is 11.9 Å². The second-order valence-corrected chi connectivity index (χ2v) is 10.2. The number of carbonyl (C=O) groups excluding carboxylic acids is 3. The lowest BCUT2D eigenvalue weighted by molar-refractivity contribution is -0.139. The van der Waals surface area contributed by atoms with Crippen LogP contribution in [0.25, 0.3) is 0 Å². The summed E-state index contributed by atoms with van der Waals surface area (Å²) >= 11 is 1.03. The Morgan fingerprint density at radius 3 is 2.05 bits per heavy atom. The average Bonchev–Trinajstić information content (AvgIpc) is 3.48. The highest BCUT2D eigenvalue weighted by Crippen LogP contribution is 2.57. The lowest BCUT2D eigenvalue weighted by Gasteiger charge is -2.43. The lowest BCUT2D eigenvalue weighted by Crippen LogP contribution is -2.64. The van der Waals surface area contributed by atoms with Crippen LogP contribution in [0.2, 0.25) is 0 Å². The normalized spacial score (nSPS) is 18.8. The molecule has 3 aromatic rings. The van der Waals surface area contributed by atoms with Crippen LogP contribution in [-0.2, 0) is 19.1 Å². The third-order valence-electron chi connectivity index (χ3n) is 6.91. The van der Waals surface area contributed by atoms with Crippen molar-refractivity contribution >= 4 is 51.7 Å². The molecule has 5 rings (SSSR count). The summed E-state index contributed by atoms with van der Waals surface area (Å²) in [6.45, 7) is 2.55. The van der Waals surface area contributed by atoms with Gasteiger partial charge in [-0.3, -0.25) is 9.69 Å². The van der Waals surface area contributed by atoms with Gasteiger partial charge in [0, 0.05) is 12.1 Å². The van der Waals surface area contributed by atoms with Crippen molar-refractivity contribution in [1.29, 1.82) is 0 Å². The minimum atomic E-state index is -1.59. The zero-order chi connectivity index (χ0) is 28.3. The van der Waals surface area contributed by atoms with Crippen LogP contribution in [0.1, 0.15) is 30.1 Å². The molecule has 0 N–H and O–H groups in total. The van der Waals surface area contributed by atoms with Crippen molar-refractivity contribution in [1.82, 2.24) is 0 Å². The fourth-order valence-electron chi connectivity index (χ4n) is 5.15. The predicted molar refractivity (Wildman–Crippen MR) is 157 cm³/mol. The van der Waals surface area contributed by atoms with Crippen LogP contribution in [0.4, 0.5) is 17.1 Å². The molecule has 8 nitrogen and oxygen atoms in total. The molecule has 1 spiro atoms. The second kappa shape index (κ2) is 11.4. The van der Waals surface area contributed by atoms with Crippen molar-refractivity contribution in [3.63, 3.8) is 0 Å². The van der Waals surface area contributed by atoms with Crippen molar-refractivity contribution in [3.8, 4) is 0 Å². The summed E-state index contributed by atoms with van der Waals surface area (Å²) < 4.78 is 10.4. The summed E-state index contributed by atoms with van der Waals surface area (Å²) in [5.41, 5.74) is 0.781. The average molecular weight is 556 g/mol. The van der Waals surface area contributed by atoms with Crippen molar-refractivity contribution in [3.05, 3.63) is 101 Å². The Hall–Kier alpha value is -4.37. The van der Waals surface area contributed by atoms with E-state index in [1.165, 1.54) is 14.2 Å². The van der Waals surface area contributed by atoms with E-state index in [-0.39, 0.29) is 16.4 Å². The number of rotatable bonds is 7. The summed E-state index contributed by atoms with van der Waals surface area (Å²) in [7, 11) is 2.52. The Kier molecular flexibility index (Phi) is 7.75. The van der Waals surface area contributed by atoms with Gasteiger partial charge in [0.15, 0.2) is 0 Å². The van der Waals surface area contributed by atoms with Gasteiger partial charge in [0.1, 0.15) is 15.5 Å². The van der Waals surface area contributed by atoms with Crippen molar-refractivity contribution in [2.45, 2.75) is 25.4 Å². The maximum Gasteiger partial charge on any atom is 0.345 e. The summed E-state index contributed by atoms with van der Waals surface area (Å²) in [5.74, 6) is -1.80. The summed E-state index contributed by atoms with van der Waals surface area (Å²) in [6, 6.07) is 25.6. The van der Waals surface area contributed by atoms with E-state index in [4.69, 9.17) is 14.5 Å². The Balaban J connectivity index is 1.90. The molecule has 3 aromatic carbocycles. The maximum absolute atomic E-state index is 14.5. The third kappa shape index (κ3) is 4.36. The highest BCUT2D eigenvalue weighted by atomic mass is 32.2. The number of ether oxygens (including phenoxy) is 2. The first-order valence-electron chi connectivity index (χ1n) is 13.0. The van der Waals surface area contributed by atoms with Gasteiger partial charge in [-0.1, -0.05) is 73.6 Å². The highest BCUT2D eigenvalue weighted by Gasteiger charge is 2.65. The van der Waals surface area contributed by atoms with E-state index in [2.05, 4.69) is 6.92 Å². The van der Waals surface area contributed by atoms with Crippen LogP contribution in [0.15, 0.2) is 100 Å². The van der Waals surface area contributed by atoms with E-state index in [0.29, 0.717) is 28.5 Å². The molecule has 1 unspecified atom stereocenters. The zero-order valence-electron chi connectivity index (χ0n) is 22.5. The van der Waals surface area contributed by atoms with E-state index in [0.717, 1.165) is 30.3 Å². The van der Waals surface area contributed by atoms with Gasteiger partial charge in [0.05, 0.1) is 31.3 Å². The number of unbranched alkanes of at least 4 members (excludes halogenated alkanes) is 1. The Bertz CT molecular complexity index is 1510.